The van der Waals surface area contributed by atoms with Crippen molar-refractivity contribution in [3.05, 3.63) is 52.8 Å². The fourth-order valence-electron chi connectivity index (χ4n) is 2.49. The van der Waals surface area contributed by atoms with Crippen molar-refractivity contribution in [2.75, 3.05) is 18.4 Å². The standard InChI is InChI=1S/C17H17ClF3N5/c18-13-3-2-11(8-12(13)17(19,20)21)9-22-5-1-6-24-16-25-14-4-7-23-10-15(14)26-16/h2-4,7-8,10,22H,1,5-6,9H2,(H2,24,25,26). The molecule has 0 aliphatic heterocycles. The first kappa shape index (κ1) is 18.5. The van der Waals surface area contributed by atoms with Gasteiger partial charge in [0.15, 0.2) is 0 Å². The third kappa shape index (κ3) is 4.64. The molecule has 9 heteroatoms. The molecule has 0 spiro atoms. The molecule has 26 heavy (non-hydrogen) atoms. The van der Waals surface area contributed by atoms with E-state index in [2.05, 4.69) is 25.6 Å². The van der Waals surface area contributed by atoms with Gasteiger partial charge in [-0.15, -0.1) is 0 Å². The smallest absolute Gasteiger partial charge is 0.356 e. The summed E-state index contributed by atoms with van der Waals surface area (Å²) < 4.78 is 38.5. The molecule has 0 fully saturated rings. The summed E-state index contributed by atoms with van der Waals surface area (Å²) >= 11 is 5.61. The molecule has 3 aromatic rings. The van der Waals surface area contributed by atoms with Crippen LogP contribution < -0.4 is 10.6 Å². The van der Waals surface area contributed by atoms with Gasteiger partial charge in [0.2, 0.25) is 5.95 Å². The minimum absolute atomic E-state index is 0.286. The van der Waals surface area contributed by atoms with Crippen molar-refractivity contribution in [2.45, 2.75) is 19.1 Å². The third-order valence-electron chi connectivity index (χ3n) is 3.77. The number of imidazole rings is 1. The normalized spacial score (nSPS) is 11.8. The molecule has 0 aliphatic carbocycles. The van der Waals surface area contributed by atoms with Crippen molar-refractivity contribution in [3.63, 3.8) is 0 Å². The number of nitrogens with zero attached hydrogens (tertiary/aromatic N) is 2. The van der Waals surface area contributed by atoms with Gasteiger partial charge in [-0.3, -0.25) is 4.98 Å². The van der Waals surface area contributed by atoms with Gasteiger partial charge in [0.1, 0.15) is 0 Å². The lowest BCUT2D eigenvalue weighted by Crippen LogP contribution is -2.18. The fourth-order valence-corrected chi connectivity index (χ4v) is 2.72. The van der Waals surface area contributed by atoms with Gasteiger partial charge >= 0.3 is 6.18 Å². The summed E-state index contributed by atoms with van der Waals surface area (Å²) in [5.41, 5.74) is 1.43. The SMILES string of the molecule is FC(F)(F)c1cc(CNCCCNc2nc3ccncc3[nH]2)ccc1Cl. The third-order valence-corrected chi connectivity index (χ3v) is 4.10. The van der Waals surface area contributed by atoms with Crippen LogP contribution >= 0.6 is 11.6 Å². The maximum absolute atomic E-state index is 12.8. The van der Waals surface area contributed by atoms with Gasteiger partial charge in [-0.25, -0.2) is 4.98 Å². The molecule has 3 N–H and O–H groups in total. The lowest BCUT2D eigenvalue weighted by molar-refractivity contribution is -0.137. The number of alkyl halides is 3. The number of hydrogen-bond acceptors (Lipinski definition) is 4. The molecule has 0 saturated carbocycles. The van der Waals surface area contributed by atoms with Gasteiger partial charge in [-0.2, -0.15) is 13.2 Å². The molecule has 0 bridgehead atoms. The summed E-state index contributed by atoms with van der Waals surface area (Å²) in [6.45, 7) is 1.67. The molecule has 5 nitrogen and oxygen atoms in total. The number of fused-ring (bicyclic) bond motifs is 1. The van der Waals surface area contributed by atoms with E-state index in [1.54, 1.807) is 18.5 Å². The van der Waals surface area contributed by atoms with Crippen molar-refractivity contribution >= 4 is 28.6 Å². The van der Waals surface area contributed by atoms with E-state index in [4.69, 9.17) is 11.6 Å². The number of H-pyrrole nitrogens is 1. The van der Waals surface area contributed by atoms with Crippen LogP contribution in [-0.2, 0) is 12.7 Å². The van der Waals surface area contributed by atoms with E-state index in [1.807, 2.05) is 6.07 Å². The predicted molar refractivity (Wildman–Crippen MR) is 95.2 cm³/mol. The predicted octanol–water partition coefficient (Wildman–Crippen LogP) is 4.22. The Morgan fingerprint density at radius 1 is 1.15 bits per heavy atom. The Balaban J connectivity index is 1.42. The van der Waals surface area contributed by atoms with Gasteiger partial charge in [-0.05, 0) is 36.7 Å². The highest BCUT2D eigenvalue weighted by molar-refractivity contribution is 6.31. The Morgan fingerprint density at radius 3 is 2.77 bits per heavy atom. The molecule has 0 amide bonds. The molecule has 138 valence electrons. The molecule has 0 radical (unpaired) electrons. The van der Waals surface area contributed by atoms with E-state index < -0.39 is 11.7 Å². The van der Waals surface area contributed by atoms with E-state index >= 15 is 0 Å². The number of pyridine rings is 1. The lowest BCUT2D eigenvalue weighted by Gasteiger charge is -2.11. The Morgan fingerprint density at radius 2 is 2.00 bits per heavy atom. The maximum atomic E-state index is 12.8. The molecular weight excluding hydrogens is 367 g/mol. The number of hydrogen-bond donors (Lipinski definition) is 3. The Kier molecular flexibility index (Phi) is 5.63. The molecule has 2 aromatic heterocycles. The summed E-state index contributed by atoms with van der Waals surface area (Å²) in [6.07, 6.45) is -0.275. The van der Waals surface area contributed by atoms with Crippen molar-refractivity contribution < 1.29 is 13.2 Å². The van der Waals surface area contributed by atoms with E-state index in [0.29, 0.717) is 31.1 Å². The van der Waals surface area contributed by atoms with Gasteiger partial charge in [0.25, 0.3) is 0 Å². The van der Waals surface area contributed by atoms with E-state index in [-0.39, 0.29) is 5.02 Å². The Labute approximate surface area is 153 Å². The van der Waals surface area contributed by atoms with Crippen LogP contribution in [0.2, 0.25) is 5.02 Å². The van der Waals surface area contributed by atoms with Crippen molar-refractivity contribution in [3.8, 4) is 0 Å². The molecule has 2 heterocycles. The zero-order valence-electron chi connectivity index (χ0n) is 13.7. The zero-order chi connectivity index (χ0) is 18.6. The van der Waals surface area contributed by atoms with Crippen LogP contribution in [0.3, 0.4) is 0 Å². The van der Waals surface area contributed by atoms with E-state index in [9.17, 15) is 13.2 Å². The highest BCUT2D eigenvalue weighted by atomic mass is 35.5. The molecule has 1 aromatic carbocycles. The number of aromatic nitrogens is 3. The van der Waals surface area contributed by atoms with Gasteiger partial charge in [0, 0.05) is 19.3 Å². The van der Waals surface area contributed by atoms with Crippen LogP contribution in [0.15, 0.2) is 36.7 Å². The summed E-state index contributed by atoms with van der Waals surface area (Å²) in [5, 5.41) is 6.00. The van der Waals surface area contributed by atoms with Crippen LogP contribution in [0.1, 0.15) is 17.5 Å². The number of rotatable bonds is 7. The molecule has 0 saturated heterocycles. The first-order valence-electron chi connectivity index (χ1n) is 8.03. The van der Waals surface area contributed by atoms with Crippen LogP contribution in [0.25, 0.3) is 11.0 Å². The van der Waals surface area contributed by atoms with Crippen molar-refractivity contribution in [1.82, 2.24) is 20.3 Å². The van der Waals surface area contributed by atoms with E-state index in [1.165, 1.54) is 6.07 Å². The highest BCUT2D eigenvalue weighted by Gasteiger charge is 2.33. The molecular formula is C17H17ClF3N5. The average molecular weight is 384 g/mol. The van der Waals surface area contributed by atoms with Crippen LogP contribution in [0, 0.1) is 0 Å². The lowest BCUT2D eigenvalue weighted by atomic mass is 10.1. The number of halogens is 4. The van der Waals surface area contributed by atoms with Gasteiger partial charge in [-0.1, -0.05) is 17.7 Å². The summed E-state index contributed by atoms with van der Waals surface area (Å²) in [6, 6.07) is 5.76. The average Bonchev–Trinajstić information content (AvgIpc) is 3.01. The highest BCUT2D eigenvalue weighted by Crippen LogP contribution is 2.35. The van der Waals surface area contributed by atoms with Gasteiger partial charge in [0.05, 0.1) is 27.8 Å². The quantitative estimate of drug-likeness (QED) is 0.534. The number of anilines is 1. The first-order valence-corrected chi connectivity index (χ1v) is 8.41. The molecule has 0 unspecified atom stereocenters. The van der Waals surface area contributed by atoms with Crippen LogP contribution in [-0.4, -0.2) is 28.0 Å². The summed E-state index contributed by atoms with van der Waals surface area (Å²) in [7, 11) is 0. The second-order valence-corrected chi connectivity index (χ2v) is 6.15. The number of benzene rings is 1. The fraction of sp³-hybridized carbons (Fsp3) is 0.294. The number of nitrogens with one attached hydrogen (secondary N) is 3. The minimum Gasteiger partial charge on any atom is -0.356 e. The molecule has 0 atom stereocenters. The summed E-state index contributed by atoms with van der Waals surface area (Å²) in [4.78, 5) is 11.5. The first-order chi connectivity index (χ1) is 12.4. The van der Waals surface area contributed by atoms with Crippen LogP contribution in [0.4, 0.5) is 19.1 Å². The van der Waals surface area contributed by atoms with Crippen LogP contribution in [0.5, 0.6) is 0 Å². The van der Waals surface area contributed by atoms with Crippen molar-refractivity contribution in [2.24, 2.45) is 0 Å². The van der Waals surface area contributed by atoms with E-state index in [0.717, 1.165) is 23.5 Å². The zero-order valence-corrected chi connectivity index (χ0v) is 14.5. The summed E-state index contributed by atoms with van der Waals surface area (Å²) in [5.74, 6) is 0.667. The van der Waals surface area contributed by atoms with Crippen molar-refractivity contribution in [1.29, 1.82) is 0 Å². The molecule has 0 aliphatic rings. The second-order valence-electron chi connectivity index (χ2n) is 5.75. The topological polar surface area (TPSA) is 65.6 Å². The monoisotopic (exact) mass is 383 g/mol. The van der Waals surface area contributed by atoms with Gasteiger partial charge < -0.3 is 15.6 Å². The second kappa shape index (κ2) is 7.92. The Bertz CT molecular complexity index is 845. The Hall–Kier alpha value is -2.32. The minimum atomic E-state index is -4.45. The maximum Gasteiger partial charge on any atom is 0.417 e. The number of aromatic amines is 1. The largest absolute Gasteiger partial charge is 0.417 e. The molecule has 3 rings (SSSR count).